The highest BCUT2D eigenvalue weighted by Crippen LogP contribution is 2.19. The molecule has 0 bridgehead atoms. The standard InChI is InChI=1S/C10H13BrO/c1-10(2,3)5-4-9-6-8(11)7-12-9/h4-7H,1-3H3/b5-4+. The summed E-state index contributed by atoms with van der Waals surface area (Å²) in [6.07, 6.45) is 5.80. The van der Waals surface area contributed by atoms with Crippen molar-refractivity contribution in [3.63, 3.8) is 0 Å². The van der Waals surface area contributed by atoms with E-state index in [1.165, 1.54) is 0 Å². The van der Waals surface area contributed by atoms with Gasteiger partial charge in [0.1, 0.15) is 12.0 Å². The Labute approximate surface area is 81.6 Å². The van der Waals surface area contributed by atoms with Crippen molar-refractivity contribution in [3.8, 4) is 0 Å². The normalized spacial score (nSPS) is 12.7. The van der Waals surface area contributed by atoms with Gasteiger partial charge in [-0.1, -0.05) is 26.8 Å². The van der Waals surface area contributed by atoms with Gasteiger partial charge in [0.2, 0.25) is 0 Å². The second-order valence-corrected chi connectivity index (χ2v) is 4.78. The molecule has 2 heteroatoms. The van der Waals surface area contributed by atoms with Crippen molar-refractivity contribution in [2.24, 2.45) is 5.41 Å². The van der Waals surface area contributed by atoms with Crippen LogP contribution in [0.4, 0.5) is 0 Å². The Kier molecular flexibility index (Phi) is 2.78. The fraction of sp³-hybridized carbons (Fsp3) is 0.400. The van der Waals surface area contributed by atoms with Gasteiger partial charge in [0.15, 0.2) is 0 Å². The van der Waals surface area contributed by atoms with Gasteiger partial charge in [0.25, 0.3) is 0 Å². The molecule has 1 aromatic heterocycles. The van der Waals surface area contributed by atoms with Crippen LogP contribution in [0.2, 0.25) is 0 Å². The van der Waals surface area contributed by atoms with Crippen molar-refractivity contribution >= 4 is 22.0 Å². The highest BCUT2D eigenvalue weighted by atomic mass is 79.9. The molecule has 0 atom stereocenters. The van der Waals surface area contributed by atoms with E-state index >= 15 is 0 Å². The highest BCUT2D eigenvalue weighted by Gasteiger charge is 2.04. The van der Waals surface area contributed by atoms with Crippen LogP contribution in [0, 0.1) is 5.41 Å². The topological polar surface area (TPSA) is 13.1 Å². The van der Waals surface area contributed by atoms with Crippen molar-refractivity contribution in [2.45, 2.75) is 20.8 Å². The molecule has 0 saturated carbocycles. The smallest absolute Gasteiger partial charge is 0.127 e. The van der Waals surface area contributed by atoms with Crippen molar-refractivity contribution in [2.75, 3.05) is 0 Å². The first kappa shape index (κ1) is 9.59. The molecule has 0 spiro atoms. The predicted octanol–water partition coefficient (Wildman–Crippen LogP) is 4.10. The van der Waals surface area contributed by atoms with Gasteiger partial charge in [-0.3, -0.25) is 0 Å². The number of hydrogen-bond donors (Lipinski definition) is 0. The summed E-state index contributed by atoms with van der Waals surface area (Å²) in [6, 6.07) is 1.95. The second-order valence-electron chi connectivity index (χ2n) is 3.87. The predicted molar refractivity (Wildman–Crippen MR) is 54.9 cm³/mol. The molecule has 1 rings (SSSR count). The van der Waals surface area contributed by atoms with Crippen LogP contribution in [0.3, 0.4) is 0 Å². The minimum Gasteiger partial charge on any atom is -0.464 e. The third kappa shape index (κ3) is 3.26. The molecule has 0 unspecified atom stereocenters. The van der Waals surface area contributed by atoms with Crippen LogP contribution < -0.4 is 0 Å². The molecule has 66 valence electrons. The lowest BCUT2D eigenvalue weighted by molar-refractivity contribution is 0.536. The molecular weight excluding hydrogens is 216 g/mol. The van der Waals surface area contributed by atoms with Crippen LogP contribution in [0.5, 0.6) is 0 Å². The van der Waals surface area contributed by atoms with Gasteiger partial charge in [-0.2, -0.15) is 0 Å². The van der Waals surface area contributed by atoms with Gasteiger partial charge in [-0.05, 0) is 33.5 Å². The maximum atomic E-state index is 5.23. The van der Waals surface area contributed by atoms with Crippen LogP contribution in [-0.4, -0.2) is 0 Å². The average Bonchev–Trinajstić information content (AvgIpc) is 2.30. The first-order valence-electron chi connectivity index (χ1n) is 3.91. The summed E-state index contributed by atoms with van der Waals surface area (Å²) in [7, 11) is 0. The zero-order chi connectivity index (χ0) is 9.19. The zero-order valence-electron chi connectivity index (χ0n) is 7.60. The Bertz CT molecular complexity index is 278. The molecule has 0 aliphatic rings. The van der Waals surface area contributed by atoms with Crippen LogP contribution >= 0.6 is 15.9 Å². The van der Waals surface area contributed by atoms with Crippen LogP contribution in [0.15, 0.2) is 27.3 Å². The first-order valence-corrected chi connectivity index (χ1v) is 4.70. The van der Waals surface area contributed by atoms with E-state index in [4.69, 9.17) is 4.42 Å². The Balaban J connectivity index is 2.70. The molecular formula is C10H13BrO. The summed E-state index contributed by atoms with van der Waals surface area (Å²) in [5.74, 6) is 0.886. The summed E-state index contributed by atoms with van der Waals surface area (Å²) >= 11 is 3.32. The van der Waals surface area contributed by atoms with E-state index in [9.17, 15) is 0 Å². The summed E-state index contributed by atoms with van der Waals surface area (Å²) in [6.45, 7) is 6.46. The molecule has 0 aromatic carbocycles. The fourth-order valence-corrected chi connectivity index (χ4v) is 1.07. The second kappa shape index (κ2) is 3.48. The number of rotatable bonds is 1. The van der Waals surface area contributed by atoms with Crippen molar-refractivity contribution < 1.29 is 4.42 Å². The quantitative estimate of drug-likeness (QED) is 0.706. The number of furan rings is 1. The van der Waals surface area contributed by atoms with E-state index in [0.29, 0.717) is 0 Å². The van der Waals surface area contributed by atoms with Crippen molar-refractivity contribution in [1.82, 2.24) is 0 Å². The van der Waals surface area contributed by atoms with Crippen molar-refractivity contribution in [1.29, 1.82) is 0 Å². The van der Waals surface area contributed by atoms with Crippen LogP contribution in [0.1, 0.15) is 26.5 Å². The SMILES string of the molecule is CC(C)(C)/C=C/c1cc(Br)co1. The maximum Gasteiger partial charge on any atom is 0.127 e. The van der Waals surface area contributed by atoms with E-state index in [-0.39, 0.29) is 5.41 Å². The molecule has 1 nitrogen and oxygen atoms in total. The van der Waals surface area contributed by atoms with Crippen molar-refractivity contribution in [3.05, 3.63) is 28.6 Å². The lowest BCUT2D eigenvalue weighted by Gasteiger charge is -2.09. The highest BCUT2D eigenvalue weighted by molar-refractivity contribution is 9.10. The van der Waals surface area contributed by atoms with E-state index in [1.54, 1.807) is 6.26 Å². The van der Waals surface area contributed by atoms with Gasteiger partial charge in [-0.25, -0.2) is 0 Å². The van der Waals surface area contributed by atoms with Gasteiger partial charge in [-0.15, -0.1) is 0 Å². The Morgan fingerprint density at radius 3 is 2.50 bits per heavy atom. The molecule has 0 aliphatic heterocycles. The Morgan fingerprint density at radius 1 is 1.42 bits per heavy atom. The van der Waals surface area contributed by atoms with Gasteiger partial charge in [0, 0.05) is 0 Å². The molecule has 1 aromatic rings. The fourth-order valence-electron chi connectivity index (χ4n) is 0.748. The number of hydrogen-bond acceptors (Lipinski definition) is 1. The maximum absolute atomic E-state index is 5.23. The summed E-state index contributed by atoms with van der Waals surface area (Å²) in [5.41, 5.74) is 0.208. The van der Waals surface area contributed by atoms with Gasteiger partial charge < -0.3 is 4.42 Å². The van der Waals surface area contributed by atoms with E-state index in [1.807, 2.05) is 12.1 Å². The van der Waals surface area contributed by atoms with E-state index in [2.05, 4.69) is 42.8 Å². The number of halogens is 1. The largest absolute Gasteiger partial charge is 0.464 e. The molecule has 0 fully saturated rings. The molecule has 0 N–H and O–H groups in total. The molecule has 0 radical (unpaired) electrons. The lowest BCUT2D eigenvalue weighted by Crippen LogP contribution is -1.97. The third-order valence-corrected chi connectivity index (χ3v) is 1.75. The summed E-state index contributed by atoms with van der Waals surface area (Å²) in [4.78, 5) is 0. The monoisotopic (exact) mass is 228 g/mol. The molecule has 0 saturated heterocycles. The van der Waals surface area contributed by atoms with E-state index < -0.39 is 0 Å². The molecule has 1 heterocycles. The van der Waals surface area contributed by atoms with Crippen LogP contribution in [-0.2, 0) is 0 Å². The van der Waals surface area contributed by atoms with Gasteiger partial charge >= 0.3 is 0 Å². The average molecular weight is 229 g/mol. The number of allylic oxidation sites excluding steroid dienone is 1. The van der Waals surface area contributed by atoms with Gasteiger partial charge in [0.05, 0.1) is 4.47 Å². The van der Waals surface area contributed by atoms with E-state index in [0.717, 1.165) is 10.2 Å². The lowest BCUT2D eigenvalue weighted by atomic mass is 9.96. The molecule has 12 heavy (non-hydrogen) atoms. The first-order chi connectivity index (χ1) is 5.47. The molecule has 0 amide bonds. The molecule has 0 aliphatic carbocycles. The minimum atomic E-state index is 0.208. The minimum absolute atomic E-state index is 0.208. The summed E-state index contributed by atoms with van der Waals surface area (Å²) < 4.78 is 6.21. The van der Waals surface area contributed by atoms with Crippen LogP contribution in [0.25, 0.3) is 6.08 Å². The Hall–Kier alpha value is -0.500. The summed E-state index contributed by atoms with van der Waals surface area (Å²) in [5, 5.41) is 0. The Morgan fingerprint density at radius 2 is 2.08 bits per heavy atom. The third-order valence-electron chi connectivity index (χ3n) is 1.34. The zero-order valence-corrected chi connectivity index (χ0v) is 9.18.